The zero-order valence-corrected chi connectivity index (χ0v) is 20.8. The van der Waals surface area contributed by atoms with Gasteiger partial charge in [-0.05, 0) is 50.5 Å². The van der Waals surface area contributed by atoms with Gasteiger partial charge in [0.2, 0.25) is 0 Å². The van der Waals surface area contributed by atoms with E-state index in [0.717, 1.165) is 7.11 Å². The number of halogens is 9. The maximum Gasteiger partial charge on any atom is 0.420 e. The first-order valence-corrected chi connectivity index (χ1v) is 11.5. The summed E-state index contributed by atoms with van der Waals surface area (Å²) in [5, 5.41) is 3.21. The molecule has 0 radical (unpaired) electrons. The number of pyridine rings is 1. The number of ether oxygens (including phenoxy) is 2. The number of nitrogens with two attached hydrogens (primary N) is 1. The lowest BCUT2D eigenvalue weighted by atomic mass is 10.0. The summed E-state index contributed by atoms with van der Waals surface area (Å²) in [6.07, 6.45) is -14.1. The minimum atomic E-state index is -5.72. The lowest BCUT2D eigenvalue weighted by molar-refractivity contribution is -0.163. The second-order valence-corrected chi connectivity index (χ2v) is 8.84. The van der Waals surface area contributed by atoms with Crippen LogP contribution in [0.15, 0.2) is 30.5 Å². The van der Waals surface area contributed by atoms with Crippen molar-refractivity contribution in [1.82, 2.24) is 4.98 Å². The number of aromatic nitrogens is 1. The van der Waals surface area contributed by atoms with E-state index in [0.29, 0.717) is 30.6 Å². The molecule has 0 bridgehead atoms. The summed E-state index contributed by atoms with van der Waals surface area (Å²) in [5.41, 5.74) is -0.125. The predicted molar refractivity (Wildman–Crippen MR) is 126 cm³/mol. The first-order valence-electron chi connectivity index (χ1n) is 11.5. The van der Waals surface area contributed by atoms with Crippen molar-refractivity contribution in [3.05, 3.63) is 52.7 Å². The van der Waals surface area contributed by atoms with Crippen LogP contribution in [0.1, 0.15) is 42.0 Å². The monoisotopic (exact) mass is 569 g/mol. The van der Waals surface area contributed by atoms with Crippen LogP contribution >= 0.6 is 0 Å². The Labute approximate surface area is 217 Å². The maximum absolute atomic E-state index is 13.8. The molecule has 0 spiro atoms. The van der Waals surface area contributed by atoms with E-state index in [9.17, 15) is 39.5 Å². The summed E-state index contributed by atoms with van der Waals surface area (Å²) in [7, 11) is 1.15. The second kappa shape index (κ2) is 11.0. The van der Waals surface area contributed by atoms with Gasteiger partial charge in [0, 0.05) is 24.8 Å². The molecule has 0 saturated heterocycles. The highest BCUT2D eigenvalue weighted by Gasteiger charge is 2.47. The van der Waals surface area contributed by atoms with Crippen LogP contribution in [-0.2, 0) is 18.5 Å². The summed E-state index contributed by atoms with van der Waals surface area (Å²) in [6.45, 7) is 3.81. The Bertz CT molecular complexity index is 1330. The van der Waals surface area contributed by atoms with Gasteiger partial charge < -0.3 is 20.5 Å². The van der Waals surface area contributed by atoms with Gasteiger partial charge in [0.05, 0.1) is 40.4 Å². The molecule has 1 atom stereocenters. The third kappa shape index (κ3) is 6.78. The van der Waals surface area contributed by atoms with Crippen LogP contribution in [0.3, 0.4) is 0 Å². The van der Waals surface area contributed by atoms with Crippen molar-refractivity contribution in [1.29, 1.82) is 0 Å². The van der Waals surface area contributed by atoms with Gasteiger partial charge in [-0.1, -0.05) is 0 Å². The number of nitrogens with zero attached hydrogens (tertiary/aromatic N) is 1. The molecule has 214 valence electrons. The van der Waals surface area contributed by atoms with Crippen molar-refractivity contribution in [3.63, 3.8) is 0 Å². The van der Waals surface area contributed by atoms with Gasteiger partial charge in [-0.15, -0.1) is 0 Å². The van der Waals surface area contributed by atoms with Crippen LogP contribution in [0.4, 0.5) is 45.2 Å². The minimum Gasteiger partial charge on any atom is -0.493 e. The van der Waals surface area contributed by atoms with Crippen LogP contribution in [0.5, 0.6) is 17.2 Å². The summed E-state index contributed by atoms with van der Waals surface area (Å²) in [4.78, 5) is 4.23. The van der Waals surface area contributed by atoms with Gasteiger partial charge in [0.25, 0.3) is 0 Å². The van der Waals surface area contributed by atoms with Gasteiger partial charge in [0.15, 0.2) is 11.5 Å². The molecule has 1 unspecified atom stereocenters. The van der Waals surface area contributed by atoms with E-state index in [1.807, 2.05) is 6.92 Å². The van der Waals surface area contributed by atoms with Crippen LogP contribution < -0.4 is 20.5 Å². The first-order chi connectivity index (χ1) is 17.9. The zero-order valence-electron chi connectivity index (χ0n) is 20.8. The van der Waals surface area contributed by atoms with E-state index in [2.05, 4.69) is 10.3 Å². The highest BCUT2D eigenvalue weighted by molar-refractivity contribution is 5.99. The highest BCUT2D eigenvalue weighted by atomic mass is 19.4. The molecule has 0 saturated carbocycles. The maximum atomic E-state index is 13.8. The molecule has 1 heterocycles. The standard InChI is InChI=1S/C25H24F9N3O2/c1-12-6-8-37-21-17(36-7-4-5-13(2)35)11-19(38-3)22(20(12)21)39-18-10-15(24(29,30)31)14(23(26,27)28)9-16(18)25(32,33)34/h6,8-11,13,36H,4-5,7,35H2,1-3H3. The molecule has 3 aromatic rings. The number of aryl methyl sites for hydroxylation is 1. The number of nitrogens with one attached hydrogen (secondary N) is 1. The van der Waals surface area contributed by atoms with Crippen LogP contribution in [0.2, 0.25) is 0 Å². The van der Waals surface area contributed by atoms with Crippen molar-refractivity contribution >= 4 is 16.6 Å². The molecule has 2 aromatic carbocycles. The summed E-state index contributed by atoms with van der Waals surface area (Å²) < 4.78 is 133. The molecule has 3 rings (SSSR count). The fourth-order valence-corrected chi connectivity index (χ4v) is 3.94. The number of hydrogen-bond donors (Lipinski definition) is 2. The van der Waals surface area contributed by atoms with Crippen LogP contribution in [0.25, 0.3) is 10.9 Å². The van der Waals surface area contributed by atoms with Crippen molar-refractivity contribution in [2.24, 2.45) is 5.73 Å². The fourth-order valence-electron chi connectivity index (χ4n) is 3.94. The van der Waals surface area contributed by atoms with Crippen molar-refractivity contribution in [2.75, 3.05) is 19.0 Å². The number of methoxy groups -OCH3 is 1. The van der Waals surface area contributed by atoms with Gasteiger partial charge in [0.1, 0.15) is 5.75 Å². The Morgan fingerprint density at radius 3 is 2.03 bits per heavy atom. The zero-order chi connectivity index (χ0) is 29.3. The Morgan fingerprint density at radius 1 is 0.897 bits per heavy atom. The molecular formula is C25H24F9N3O2. The topological polar surface area (TPSA) is 69.4 Å². The molecule has 14 heteroatoms. The number of hydrogen-bond acceptors (Lipinski definition) is 5. The Morgan fingerprint density at radius 2 is 1.49 bits per heavy atom. The number of alkyl halides is 9. The summed E-state index contributed by atoms with van der Waals surface area (Å²) in [6, 6.07) is 1.85. The molecule has 3 N–H and O–H groups in total. The third-order valence-electron chi connectivity index (χ3n) is 5.76. The lowest BCUT2D eigenvalue weighted by Crippen LogP contribution is -2.19. The van der Waals surface area contributed by atoms with E-state index >= 15 is 0 Å². The smallest absolute Gasteiger partial charge is 0.420 e. The quantitative estimate of drug-likeness (QED) is 0.213. The second-order valence-electron chi connectivity index (χ2n) is 8.84. The first kappa shape index (κ1) is 30.1. The number of rotatable bonds is 8. The Balaban J connectivity index is 2.26. The van der Waals surface area contributed by atoms with E-state index in [1.54, 1.807) is 6.92 Å². The third-order valence-corrected chi connectivity index (χ3v) is 5.76. The van der Waals surface area contributed by atoms with E-state index < -0.39 is 52.8 Å². The van der Waals surface area contributed by atoms with Gasteiger partial charge >= 0.3 is 18.5 Å². The normalized spacial score (nSPS) is 13.5. The summed E-state index contributed by atoms with van der Waals surface area (Å²) >= 11 is 0. The number of benzene rings is 2. The Kier molecular flexibility index (Phi) is 8.49. The molecule has 0 aliphatic rings. The number of anilines is 1. The average molecular weight is 569 g/mol. The molecule has 0 fully saturated rings. The molecule has 0 aliphatic heterocycles. The lowest BCUT2D eigenvalue weighted by Gasteiger charge is -2.23. The average Bonchev–Trinajstić information content (AvgIpc) is 2.80. The van der Waals surface area contributed by atoms with Crippen LogP contribution in [0, 0.1) is 6.92 Å². The molecular weight excluding hydrogens is 545 g/mol. The predicted octanol–water partition coefficient (Wildman–Crippen LogP) is 7.94. The minimum absolute atomic E-state index is 0.0534. The molecule has 5 nitrogen and oxygen atoms in total. The van der Waals surface area contributed by atoms with E-state index in [1.165, 1.54) is 18.3 Å². The molecule has 39 heavy (non-hydrogen) atoms. The van der Waals surface area contributed by atoms with E-state index in [4.69, 9.17) is 15.2 Å². The fraction of sp³-hybridized carbons (Fsp3) is 0.400. The highest BCUT2D eigenvalue weighted by Crippen LogP contribution is 2.50. The number of fused-ring (bicyclic) bond motifs is 1. The van der Waals surface area contributed by atoms with Crippen molar-refractivity contribution < 1.29 is 49.0 Å². The molecule has 0 aliphatic carbocycles. The van der Waals surface area contributed by atoms with Crippen LogP contribution in [-0.4, -0.2) is 24.7 Å². The van der Waals surface area contributed by atoms with Crippen molar-refractivity contribution in [2.45, 2.75) is 51.3 Å². The van der Waals surface area contributed by atoms with Gasteiger partial charge in [-0.25, -0.2) is 0 Å². The SMILES string of the molecule is COc1cc(NCCCC(C)N)c2nccc(C)c2c1Oc1cc(C(F)(F)F)c(C(F)(F)F)cc1C(F)(F)F. The van der Waals surface area contributed by atoms with E-state index in [-0.39, 0.29) is 28.8 Å². The Hall–Kier alpha value is -3.42. The summed E-state index contributed by atoms with van der Waals surface area (Å²) in [5.74, 6) is -2.11. The largest absolute Gasteiger partial charge is 0.493 e. The molecule has 1 aromatic heterocycles. The van der Waals surface area contributed by atoms with Gasteiger partial charge in [-0.2, -0.15) is 39.5 Å². The van der Waals surface area contributed by atoms with Gasteiger partial charge in [-0.3, -0.25) is 4.98 Å². The molecule has 0 amide bonds. The van der Waals surface area contributed by atoms with Crippen molar-refractivity contribution in [3.8, 4) is 17.2 Å².